The summed E-state index contributed by atoms with van der Waals surface area (Å²) in [7, 11) is 0. The van der Waals surface area contributed by atoms with Gasteiger partial charge in [0.1, 0.15) is 11.6 Å². The maximum absolute atomic E-state index is 12.8. The largest absolute Gasteiger partial charge is 0.467 e. The van der Waals surface area contributed by atoms with Crippen LogP contribution in [0.3, 0.4) is 0 Å². The molecule has 0 bridgehead atoms. The van der Waals surface area contributed by atoms with Gasteiger partial charge in [0.05, 0.1) is 19.0 Å². The second-order valence-corrected chi connectivity index (χ2v) is 4.23. The summed E-state index contributed by atoms with van der Waals surface area (Å²) in [4.78, 5) is 4.26. The van der Waals surface area contributed by atoms with Gasteiger partial charge < -0.3 is 15.1 Å². The zero-order valence-corrected chi connectivity index (χ0v) is 11.0. The average Bonchev–Trinajstić information content (AvgIpc) is 3.01. The highest BCUT2D eigenvalue weighted by atomic mass is 19.1. The molecule has 1 aromatic carbocycles. The third-order valence-electron chi connectivity index (χ3n) is 2.68. The number of furan rings is 1. The van der Waals surface area contributed by atoms with Crippen molar-refractivity contribution in [1.29, 1.82) is 0 Å². The Morgan fingerprint density at radius 2 is 2.00 bits per heavy atom. The molecule has 3 rings (SSSR count). The predicted molar refractivity (Wildman–Crippen MR) is 75.5 cm³/mol. The van der Waals surface area contributed by atoms with Crippen molar-refractivity contribution in [2.75, 3.05) is 10.6 Å². The van der Waals surface area contributed by atoms with E-state index >= 15 is 0 Å². The summed E-state index contributed by atoms with van der Waals surface area (Å²) < 4.78 is 18.0. The van der Waals surface area contributed by atoms with E-state index < -0.39 is 0 Å². The van der Waals surface area contributed by atoms with Gasteiger partial charge in [-0.15, -0.1) is 5.10 Å². The lowest BCUT2D eigenvalue weighted by Crippen LogP contribution is -2.05. The van der Waals surface area contributed by atoms with E-state index in [9.17, 15) is 4.39 Å². The van der Waals surface area contributed by atoms with Crippen LogP contribution in [-0.4, -0.2) is 15.2 Å². The molecule has 106 valence electrons. The number of anilines is 3. The summed E-state index contributed by atoms with van der Waals surface area (Å²) >= 11 is 0. The van der Waals surface area contributed by atoms with Crippen LogP contribution in [0.5, 0.6) is 0 Å². The maximum atomic E-state index is 12.8. The van der Waals surface area contributed by atoms with E-state index in [2.05, 4.69) is 25.8 Å². The van der Waals surface area contributed by atoms with Crippen LogP contribution in [0.15, 0.2) is 53.3 Å². The van der Waals surface area contributed by atoms with Gasteiger partial charge in [-0.25, -0.2) is 4.39 Å². The quantitative estimate of drug-likeness (QED) is 0.750. The van der Waals surface area contributed by atoms with Gasteiger partial charge in [0, 0.05) is 5.69 Å². The molecule has 0 unspecified atom stereocenters. The van der Waals surface area contributed by atoms with Gasteiger partial charge in [-0.2, -0.15) is 10.1 Å². The van der Waals surface area contributed by atoms with Crippen LogP contribution in [0.4, 0.5) is 21.8 Å². The summed E-state index contributed by atoms with van der Waals surface area (Å²) in [5.74, 6) is 1.38. The van der Waals surface area contributed by atoms with Gasteiger partial charge >= 0.3 is 0 Å². The normalized spacial score (nSPS) is 10.3. The minimum Gasteiger partial charge on any atom is -0.467 e. The van der Waals surface area contributed by atoms with Crippen molar-refractivity contribution in [2.45, 2.75) is 6.54 Å². The first kappa shape index (κ1) is 13.0. The molecule has 21 heavy (non-hydrogen) atoms. The fourth-order valence-corrected chi connectivity index (χ4v) is 1.69. The minimum absolute atomic E-state index is 0.298. The number of rotatable bonds is 5. The Balaban J connectivity index is 1.66. The van der Waals surface area contributed by atoms with E-state index in [1.54, 1.807) is 18.4 Å². The first-order valence-electron chi connectivity index (χ1n) is 6.28. The predicted octanol–water partition coefficient (Wildman–Crippen LogP) is 2.96. The van der Waals surface area contributed by atoms with E-state index in [1.165, 1.54) is 18.3 Å². The Bertz CT molecular complexity index is 700. The molecule has 0 radical (unpaired) electrons. The number of hydrogen-bond donors (Lipinski definition) is 2. The van der Waals surface area contributed by atoms with Crippen LogP contribution in [0.25, 0.3) is 0 Å². The van der Waals surface area contributed by atoms with Crippen LogP contribution < -0.4 is 10.6 Å². The first-order chi connectivity index (χ1) is 10.3. The second kappa shape index (κ2) is 6.00. The van der Waals surface area contributed by atoms with Gasteiger partial charge in [0.25, 0.3) is 0 Å². The Kier molecular flexibility index (Phi) is 3.72. The van der Waals surface area contributed by atoms with Gasteiger partial charge in [-0.3, -0.25) is 0 Å². The molecule has 2 N–H and O–H groups in total. The van der Waals surface area contributed by atoms with E-state index in [4.69, 9.17) is 4.42 Å². The van der Waals surface area contributed by atoms with Crippen molar-refractivity contribution in [2.24, 2.45) is 0 Å². The Labute approximate surface area is 120 Å². The fraction of sp³-hybridized carbons (Fsp3) is 0.0714. The highest BCUT2D eigenvalue weighted by Gasteiger charge is 2.02. The lowest BCUT2D eigenvalue weighted by atomic mass is 10.3. The molecule has 3 aromatic rings. The second-order valence-electron chi connectivity index (χ2n) is 4.23. The zero-order chi connectivity index (χ0) is 14.5. The van der Waals surface area contributed by atoms with E-state index in [1.807, 2.05) is 12.1 Å². The van der Waals surface area contributed by atoms with E-state index in [0.717, 1.165) is 5.76 Å². The Hall–Kier alpha value is -2.96. The number of hydrogen-bond acceptors (Lipinski definition) is 6. The Morgan fingerprint density at radius 3 is 2.76 bits per heavy atom. The molecule has 0 spiro atoms. The van der Waals surface area contributed by atoms with Crippen LogP contribution in [0.1, 0.15) is 5.76 Å². The number of nitrogens with one attached hydrogen (secondary N) is 2. The van der Waals surface area contributed by atoms with Crippen molar-refractivity contribution in [1.82, 2.24) is 15.2 Å². The van der Waals surface area contributed by atoms with Crippen LogP contribution in [0.2, 0.25) is 0 Å². The number of aromatic nitrogens is 3. The van der Waals surface area contributed by atoms with Gasteiger partial charge in [0.2, 0.25) is 5.95 Å². The van der Waals surface area contributed by atoms with Crippen molar-refractivity contribution in [3.63, 3.8) is 0 Å². The fourth-order valence-electron chi connectivity index (χ4n) is 1.69. The third-order valence-corrected chi connectivity index (χ3v) is 2.68. The summed E-state index contributed by atoms with van der Waals surface area (Å²) in [6.07, 6.45) is 3.12. The van der Waals surface area contributed by atoms with Crippen LogP contribution in [-0.2, 0) is 6.54 Å². The molecule has 0 aliphatic rings. The van der Waals surface area contributed by atoms with Gasteiger partial charge in [0.15, 0.2) is 5.82 Å². The minimum atomic E-state index is -0.298. The topological polar surface area (TPSA) is 75.9 Å². The number of nitrogens with zero attached hydrogens (tertiary/aromatic N) is 3. The van der Waals surface area contributed by atoms with E-state index in [0.29, 0.717) is 24.0 Å². The summed E-state index contributed by atoms with van der Waals surface area (Å²) in [6.45, 7) is 0.502. The van der Waals surface area contributed by atoms with Gasteiger partial charge in [-0.1, -0.05) is 0 Å². The molecule has 0 aliphatic heterocycles. The molecule has 0 fully saturated rings. The highest BCUT2D eigenvalue weighted by molar-refractivity contribution is 5.53. The molecule has 2 heterocycles. The molecule has 6 nitrogen and oxygen atoms in total. The first-order valence-corrected chi connectivity index (χ1v) is 6.28. The van der Waals surface area contributed by atoms with Crippen LogP contribution in [0, 0.1) is 5.82 Å². The monoisotopic (exact) mass is 285 g/mol. The van der Waals surface area contributed by atoms with Crippen LogP contribution >= 0.6 is 0 Å². The Morgan fingerprint density at radius 1 is 1.14 bits per heavy atom. The summed E-state index contributed by atoms with van der Waals surface area (Å²) in [5.41, 5.74) is 0.682. The average molecular weight is 285 g/mol. The van der Waals surface area contributed by atoms with Crippen molar-refractivity contribution >= 4 is 17.5 Å². The zero-order valence-electron chi connectivity index (χ0n) is 11.0. The maximum Gasteiger partial charge on any atom is 0.249 e. The lowest BCUT2D eigenvalue weighted by molar-refractivity contribution is 0.517. The molecule has 0 aliphatic carbocycles. The molecular formula is C14H12FN5O. The summed E-state index contributed by atoms with van der Waals surface area (Å²) in [5, 5.41) is 13.8. The standard InChI is InChI=1S/C14H12FN5O/c15-10-3-5-11(6-4-10)18-14-19-13(9-17-20-14)16-8-12-2-1-7-21-12/h1-7,9H,8H2,(H2,16,18,19,20). The lowest BCUT2D eigenvalue weighted by Gasteiger charge is -2.06. The number of benzene rings is 1. The van der Waals surface area contributed by atoms with E-state index in [-0.39, 0.29) is 5.82 Å². The third kappa shape index (κ3) is 3.53. The smallest absolute Gasteiger partial charge is 0.249 e. The molecule has 0 saturated heterocycles. The molecular weight excluding hydrogens is 273 g/mol. The SMILES string of the molecule is Fc1ccc(Nc2nncc(NCc3ccco3)n2)cc1. The molecule has 0 amide bonds. The highest BCUT2D eigenvalue weighted by Crippen LogP contribution is 2.14. The molecule has 2 aromatic heterocycles. The van der Waals surface area contributed by atoms with Crippen molar-refractivity contribution in [3.05, 3.63) is 60.4 Å². The van der Waals surface area contributed by atoms with Gasteiger partial charge in [-0.05, 0) is 36.4 Å². The van der Waals surface area contributed by atoms with Crippen molar-refractivity contribution < 1.29 is 8.81 Å². The summed E-state index contributed by atoms with van der Waals surface area (Å²) in [6, 6.07) is 9.59. The number of halogens is 1. The van der Waals surface area contributed by atoms with Crippen molar-refractivity contribution in [3.8, 4) is 0 Å². The molecule has 0 saturated carbocycles. The molecule has 0 atom stereocenters. The molecule has 7 heteroatoms.